The number of nitrogens with two attached hydrogens (primary N) is 2. The molecule has 0 bridgehead atoms. The van der Waals surface area contributed by atoms with Crippen molar-refractivity contribution < 1.29 is 8.42 Å². The average Bonchev–Trinajstić information content (AvgIpc) is 3.08. The lowest BCUT2D eigenvalue weighted by Crippen LogP contribution is -2.09. The third-order valence-electron chi connectivity index (χ3n) is 4.18. The van der Waals surface area contributed by atoms with Crippen LogP contribution in [0.5, 0.6) is 0 Å². The van der Waals surface area contributed by atoms with Gasteiger partial charge in [-0.25, -0.2) is 8.42 Å². The van der Waals surface area contributed by atoms with Crippen molar-refractivity contribution in [2.75, 3.05) is 12.0 Å². The molecule has 2 aromatic carbocycles. The van der Waals surface area contributed by atoms with E-state index in [1.165, 1.54) is 35.2 Å². The van der Waals surface area contributed by atoms with Crippen molar-refractivity contribution in [1.82, 2.24) is 0 Å². The Kier molecular flexibility index (Phi) is 5.32. The Bertz CT molecular complexity index is 1130. The summed E-state index contributed by atoms with van der Waals surface area (Å²) < 4.78 is 27.1. The highest BCUT2D eigenvalue weighted by atomic mass is 32.2. The molecule has 1 heterocycles. The fourth-order valence-corrected chi connectivity index (χ4v) is 6.64. The topological polar surface area (TPSA) is 110 Å². The number of anilines is 1. The van der Waals surface area contributed by atoms with E-state index < -0.39 is 9.84 Å². The van der Waals surface area contributed by atoms with Crippen LogP contribution in [-0.4, -0.2) is 20.5 Å². The van der Waals surface area contributed by atoms with E-state index in [9.17, 15) is 8.42 Å². The fourth-order valence-electron chi connectivity index (χ4n) is 2.76. The Labute approximate surface area is 166 Å². The van der Waals surface area contributed by atoms with Crippen molar-refractivity contribution in [1.29, 1.82) is 5.41 Å². The molecule has 5 N–H and O–H groups in total. The molecular formula is C19H19N3O2S3. The molecule has 0 atom stereocenters. The second-order valence-corrected chi connectivity index (χ2v) is 9.99. The normalized spacial score (nSPS) is 11.5. The summed E-state index contributed by atoms with van der Waals surface area (Å²) in [6.45, 7) is 1.96. The van der Waals surface area contributed by atoms with Crippen molar-refractivity contribution in [2.24, 2.45) is 5.73 Å². The van der Waals surface area contributed by atoms with E-state index in [4.69, 9.17) is 16.9 Å². The summed E-state index contributed by atoms with van der Waals surface area (Å²) in [6.07, 6.45) is 1.80. The van der Waals surface area contributed by atoms with Crippen LogP contribution in [0.2, 0.25) is 0 Å². The third kappa shape index (κ3) is 3.60. The van der Waals surface area contributed by atoms with E-state index in [2.05, 4.69) is 0 Å². The average molecular weight is 418 g/mol. The summed E-state index contributed by atoms with van der Waals surface area (Å²) >= 11 is 2.53. The first kappa shape index (κ1) is 19.5. The maximum atomic E-state index is 13.3. The number of thioether (sulfide) groups is 1. The van der Waals surface area contributed by atoms with Gasteiger partial charge in [0.05, 0.1) is 18.9 Å². The fraction of sp³-hybridized carbons (Fsp3) is 0.105. The number of amidine groups is 1. The molecule has 0 saturated carbocycles. The number of hydrogen-bond acceptors (Lipinski definition) is 6. The molecule has 140 valence electrons. The van der Waals surface area contributed by atoms with E-state index in [1.54, 1.807) is 18.4 Å². The molecule has 0 spiro atoms. The number of nitrogens with one attached hydrogen (secondary N) is 1. The minimum atomic E-state index is -3.77. The number of aryl methyl sites for hydroxylation is 1. The Balaban J connectivity index is 2.18. The summed E-state index contributed by atoms with van der Waals surface area (Å²) in [4.78, 5) is 0.774. The lowest BCUT2D eigenvalue weighted by molar-refractivity contribution is 0.595. The monoisotopic (exact) mass is 417 g/mol. The summed E-state index contributed by atoms with van der Waals surface area (Å²) in [7, 11) is -3.77. The van der Waals surface area contributed by atoms with Crippen molar-refractivity contribution >= 4 is 44.5 Å². The highest BCUT2D eigenvalue weighted by Gasteiger charge is 2.25. The molecule has 0 aliphatic carbocycles. The molecule has 5 nitrogen and oxygen atoms in total. The molecule has 0 radical (unpaired) electrons. The van der Waals surface area contributed by atoms with Crippen molar-refractivity contribution in [2.45, 2.75) is 20.9 Å². The SMILES string of the molecule is CSc1sc(C(=N)N)cc1S(=O)(=O)c1ccc(N)c(-c2ccccc2C)c1. The molecule has 8 heteroatoms. The van der Waals surface area contributed by atoms with Crippen LogP contribution in [0.4, 0.5) is 5.69 Å². The Morgan fingerprint density at radius 3 is 2.44 bits per heavy atom. The summed E-state index contributed by atoms with van der Waals surface area (Å²) in [5, 5.41) is 7.60. The first-order valence-electron chi connectivity index (χ1n) is 7.98. The maximum Gasteiger partial charge on any atom is 0.208 e. The first-order chi connectivity index (χ1) is 12.8. The number of hydrogen-bond donors (Lipinski definition) is 3. The maximum absolute atomic E-state index is 13.3. The number of benzene rings is 2. The Morgan fingerprint density at radius 1 is 1.11 bits per heavy atom. The quantitative estimate of drug-likeness (QED) is 0.250. The van der Waals surface area contributed by atoms with Gasteiger partial charge in [-0.3, -0.25) is 5.41 Å². The lowest BCUT2D eigenvalue weighted by atomic mass is 9.99. The molecule has 0 aliphatic rings. The van der Waals surface area contributed by atoms with E-state index in [-0.39, 0.29) is 15.6 Å². The number of rotatable bonds is 5. The van der Waals surface area contributed by atoms with Gasteiger partial charge in [-0.1, -0.05) is 24.3 Å². The van der Waals surface area contributed by atoms with Gasteiger partial charge in [-0.05, 0) is 48.6 Å². The summed E-state index contributed by atoms with van der Waals surface area (Å²) in [6, 6.07) is 13.9. The summed E-state index contributed by atoms with van der Waals surface area (Å²) in [5.74, 6) is -0.144. The number of nitrogen functional groups attached to an aromatic ring is 2. The highest BCUT2D eigenvalue weighted by molar-refractivity contribution is 8.01. The van der Waals surface area contributed by atoms with Gasteiger partial charge in [0.2, 0.25) is 9.84 Å². The molecule has 0 unspecified atom stereocenters. The van der Waals surface area contributed by atoms with Crippen LogP contribution in [-0.2, 0) is 9.84 Å². The second-order valence-electron chi connectivity index (χ2n) is 5.95. The molecular weight excluding hydrogens is 398 g/mol. The van der Waals surface area contributed by atoms with Gasteiger partial charge in [-0.2, -0.15) is 0 Å². The van der Waals surface area contributed by atoms with Crippen LogP contribution >= 0.6 is 23.1 Å². The summed E-state index contributed by atoms with van der Waals surface area (Å²) in [5.41, 5.74) is 14.8. The number of sulfone groups is 1. The van der Waals surface area contributed by atoms with Crippen LogP contribution < -0.4 is 11.5 Å². The van der Waals surface area contributed by atoms with Gasteiger partial charge in [0.15, 0.2) is 0 Å². The molecule has 0 amide bonds. The molecule has 27 heavy (non-hydrogen) atoms. The molecule has 3 rings (SSSR count). The van der Waals surface area contributed by atoms with E-state index in [1.807, 2.05) is 31.2 Å². The Hall–Kier alpha value is -2.29. The van der Waals surface area contributed by atoms with E-state index in [0.29, 0.717) is 20.3 Å². The molecule has 0 fully saturated rings. The second kappa shape index (κ2) is 7.38. The number of thiophene rings is 1. The van der Waals surface area contributed by atoms with E-state index >= 15 is 0 Å². The van der Waals surface area contributed by atoms with Crippen molar-refractivity contribution in [3.05, 3.63) is 59.0 Å². The smallest absolute Gasteiger partial charge is 0.208 e. The largest absolute Gasteiger partial charge is 0.398 e. The minimum absolute atomic E-state index is 0.144. The molecule has 0 aliphatic heterocycles. The van der Waals surface area contributed by atoms with Gasteiger partial charge in [0.1, 0.15) is 5.84 Å². The van der Waals surface area contributed by atoms with Crippen molar-refractivity contribution in [3.63, 3.8) is 0 Å². The zero-order valence-corrected chi connectivity index (χ0v) is 17.3. The minimum Gasteiger partial charge on any atom is -0.398 e. The standard InChI is InChI=1S/C19H19N3O2S3/c1-11-5-3-4-6-13(11)14-9-12(7-8-15(14)20)27(23,24)17-10-16(18(21)22)26-19(17)25-2/h3-10H,20H2,1-2H3,(H3,21,22). The van der Waals surface area contributed by atoms with Crippen LogP contribution in [0.1, 0.15) is 10.4 Å². The zero-order valence-electron chi connectivity index (χ0n) is 14.8. The lowest BCUT2D eigenvalue weighted by Gasteiger charge is -2.12. The van der Waals surface area contributed by atoms with Crippen LogP contribution in [0, 0.1) is 12.3 Å². The van der Waals surface area contributed by atoms with Crippen LogP contribution in [0.3, 0.4) is 0 Å². The first-order valence-corrected chi connectivity index (χ1v) is 11.5. The van der Waals surface area contributed by atoms with Gasteiger partial charge in [0, 0.05) is 11.3 Å². The van der Waals surface area contributed by atoms with Gasteiger partial charge >= 0.3 is 0 Å². The van der Waals surface area contributed by atoms with Crippen molar-refractivity contribution in [3.8, 4) is 11.1 Å². The van der Waals surface area contributed by atoms with Gasteiger partial charge in [0.25, 0.3) is 0 Å². The van der Waals surface area contributed by atoms with E-state index in [0.717, 1.165) is 11.1 Å². The van der Waals surface area contributed by atoms with Gasteiger partial charge < -0.3 is 11.5 Å². The molecule has 0 saturated heterocycles. The van der Waals surface area contributed by atoms with Gasteiger partial charge in [-0.15, -0.1) is 23.1 Å². The third-order valence-corrected chi connectivity index (χ3v) is 8.51. The predicted octanol–water partition coefficient (Wildman–Crippen LogP) is 4.14. The Morgan fingerprint density at radius 2 is 1.81 bits per heavy atom. The van der Waals surface area contributed by atoms with Crippen LogP contribution in [0.25, 0.3) is 11.1 Å². The highest BCUT2D eigenvalue weighted by Crippen LogP contribution is 2.38. The van der Waals surface area contributed by atoms with Crippen LogP contribution in [0.15, 0.2) is 62.5 Å². The molecule has 1 aromatic heterocycles. The predicted molar refractivity (Wildman–Crippen MR) is 114 cm³/mol. The molecule has 3 aromatic rings. The zero-order chi connectivity index (χ0) is 19.8.